The Balaban J connectivity index is 0.00000192. The van der Waals surface area contributed by atoms with Crippen molar-refractivity contribution in [2.75, 3.05) is 13.1 Å². The van der Waals surface area contributed by atoms with E-state index in [2.05, 4.69) is 15.4 Å². The molecule has 0 aliphatic carbocycles. The van der Waals surface area contributed by atoms with Crippen LogP contribution in [-0.2, 0) is 11.3 Å². The van der Waals surface area contributed by atoms with Gasteiger partial charge in [0.2, 0.25) is 11.7 Å². The first-order valence-corrected chi connectivity index (χ1v) is 7.58. The van der Waals surface area contributed by atoms with Gasteiger partial charge >= 0.3 is 0 Å². The summed E-state index contributed by atoms with van der Waals surface area (Å²) in [5.74, 6) is 0.453. The van der Waals surface area contributed by atoms with E-state index in [0.29, 0.717) is 17.4 Å². The second-order valence-electron chi connectivity index (χ2n) is 5.27. The zero-order valence-corrected chi connectivity index (χ0v) is 14.0. The predicted octanol–water partition coefficient (Wildman–Crippen LogP) is 1.36. The van der Waals surface area contributed by atoms with Crippen molar-refractivity contribution in [3.63, 3.8) is 0 Å². The summed E-state index contributed by atoms with van der Waals surface area (Å²) in [5.41, 5.74) is 6.50. The van der Waals surface area contributed by atoms with Crippen molar-refractivity contribution < 1.29 is 4.79 Å². The van der Waals surface area contributed by atoms with Gasteiger partial charge in [0.25, 0.3) is 0 Å². The van der Waals surface area contributed by atoms with E-state index < -0.39 is 0 Å². The van der Waals surface area contributed by atoms with E-state index in [1.807, 2.05) is 17.0 Å². The molecule has 124 valence electrons. The molecule has 1 saturated heterocycles. The van der Waals surface area contributed by atoms with Gasteiger partial charge < -0.3 is 10.6 Å². The van der Waals surface area contributed by atoms with Crippen LogP contribution >= 0.6 is 24.0 Å². The molecule has 3 rings (SSSR count). The summed E-state index contributed by atoms with van der Waals surface area (Å²) < 4.78 is 0. The topological polar surface area (TPSA) is 89.9 Å². The van der Waals surface area contributed by atoms with Gasteiger partial charge in [-0.15, -0.1) is 22.6 Å². The monoisotopic (exact) mass is 356 g/mol. The first-order valence-electron chi connectivity index (χ1n) is 7.20. The van der Waals surface area contributed by atoms with Gasteiger partial charge in [-0.3, -0.25) is 4.79 Å². The summed E-state index contributed by atoms with van der Waals surface area (Å²) in [5, 5.41) is 12.8. The molecule has 2 aromatic rings. The fourth-order valence-electron chi connectivity index (χ4n) is 2.65. The second-order valence-corrected chi connectivity index (χ2v) is 5.71. The number of likely N-dealkylation sites (tertiary alicyclic amines) is 1. The lowest BCUT2D eigenvalue weighted by Gasteiger charge is -2.22. The lowest BCUT2D eigenvalue weighted by Crippen LogP contribution is -2.41. The third-order valence-electron chi connectivity index (χ3n) is 3.80. The summed E-state index contributed by atoms with van der Waals surface area (Å²) in [6, 6.07) is 7.29. The Morgan fingerprint density at radius 3 is 2.78 bits per heavy atom. The smallest absolute Gasteiger partial charge is 0.246 e. The average molecular weight is 357 g/mol. The largest absolute Gasteiger partial charge is 0.337 e. The zero-order valence-electron chi connectivity index (χ0n) is 12.4. The second kappa shape index (κ2) is 7.72. The average Bonchev–Trinajstić information content (AvgIpc) is 3.16. The minimum atomic E-state index is -0.0204. The van der Waals surface area contributed by atoms with Gasteiger partial charge in [-0.05, 0) is 42.3 Å². The van der Waals surface area contributed by atoms with Crippen molar-refractivity contribution in [2.24, 2.45) is 5.73 Å². The number of nitrogens with zero attached hydrogens (tertiary/aromatic N) is 5. The molecule has 1 aromatic heterocycles. The van der Waals surface area contributed by atoms with Crippen LogP contribution in [0, 0.1) is 0 Å². The van der Waals surface area contributed by atoms with Gasteiger partial charge in [0.05, 0.1) is 0 Å². The van der Waals surface area contributed by atoms with Gasteiger partial charge in [-0.1, -0.05) is 11.6 Å². The maximum absolute atomic E-state index is 12.3. The van der Waals surface area contributed by atoms with Crippen molar-refractivity contribution in [3.05, 3.63) is 29.3 Å². The highest BCUT2D eigenvalue weighted by molar-refractivity contribution is 6.30. The van der Waals surface area contributed by atoms with Crippen LogP contribution in [0.5, 0.6) is 0 Å². The molecule has 0 bridgehead atoms. The van der Waals surface area contributed by atoms with Crippen molar-refractivity contribution >= 4 is 29.9 Å². The summed E-state index contributed by atoms with van der Waals surface area (Å²) in [4.78, 5) is 15.4. The number of hydrogen-bond acceptors (Lipinski definition) is 5. The van der Waals surface area contributed by atoms with Gasteiger partial charge in [0.15, 0.2) is 0 Å². The first-order chi connectivity index (χ1) is 10.7. The number of carbonyl (C=O) groups is 1. The van der Waals surface area contributed by atoms with Crippen LogP contribution in [-0.4, -0.2) is 50.1 Å². The van der Waals surface area contributed by atoms with E-state index in [0.717, 1.165) is 24.9 Å². The molecular formula is C14H18Cl2N6O. The molecule has 23 heavy (non-hydrogen) atoms. The molecule has 1 aliphatic rings. The molecule has 1 unspecified atom stereocenters. The Hall–Kier alpha value is -1.70. The van der Waals surface area contributed by atoms with Gasteiger partial charge in [0, 0.05) is 29.7 Å². The van der Waals surface area contributed by atoms with Crippen LogP contribution in [0.15, 0.2) is 24.3 Å². The lowest BCUT2D eigenvalue weighted by molar-refractivity contribution is -0.132. The minimum Gasteiger partial charge on any atom is -0.337 e. The number of hydrogen-bond donors (Lipinski definition) is 1. The Labute approximate surface area is 145 Å². The number of benzene rings is 1. The molecular weight excluding hydrogens is 339 g/mol. The van der Waals surface area contributed by atoms with Crippen LogP contribution < -0.4 is 5.73 Å². The summed E-state index contributed by atoms with van der Waals surface area (Å²) >= 11 is 5.85. The molecule has 0 radical (unpaired) electrons. The standard InChI is InChI=1S/C14H17ClN6O.ClH/c15-11-5-3-10(4-6-11)14-17-19-21(18-14)9-13(22)20-7-1-2-12(20)8-16;/h3-6,12H,1-2,7-9,16H2;1H. The molecule has 2 heterocycles. The van der Waals surface area contributed by atoms with Crippen molar-refractivity contribution in [2.45, 2.75) is 25.4 Å². The van der Waals surface area contributed by atoms with Crippen LogP contribution in [0.3, 0.4) is 0 Å². The molecule has 2 N–H and O–H groups in total. The SMILES string of the molecule is Cl.NCC1CCCN1C(=O)Cn1nnc(-c2ccc(Cl)cc2)n1. The van der Waals surface area contributed by atoms with E-state index in [1.165, 1.54) is 4.80 Å². The highest BCUT2D eigenvalue weighted by atomic mass is 35.5. The number of tetrazole rings is 1. The third kappa shape index (κ3) is 3.99. The van der Waals surface area contributed by atoms with Crippen molar-refractivity contribution in [3.8, 4) is 11.4 Å². The first kappa shape index (κ1) is 17.7. The highest BCUT2D eigenvalue weighted by Crippen LogP contribution is 2.18. The van der Waals surface area contributed by atoms with Crippen molar-refractivity contribution in [1.29, 1.82) is 0 Å². The molecule has 0 spiro atoms. The number of aromatic nitrogens is 4. The van der Waals surface area contributed by atoms with Crippen molar-refractivity contribution in [1.82, 2.24) is 25.1 Å². The molecule has 1 aromatic carbocycles. The summed E-state index contributed by atoms with van der Waals surface area (Å²) in [7, 11) is 0. The summed E-state index contributed by atoms with van der Waals surface area (Å²) in [6.07, 6.45) is 1.96. The van der Waals surface area contributed by atoms with Crippen LogP contribution in [0.4, 0.5) is 0 Å². The predicted molar refractivity (Wildman–Crippen MR) is 89.3 cm³/mol. The quantitative estimate of drug-likeness (QED) is 0.893. The van der Waals surface area contributed by atoms with Crippen LogP contribution in [0.1, 0.15) is 12.8 Å². The zero-order chi connectivity index (χ0) is 15.5. The minimum absolute atomic E-state index is 0. The molecule has 1 fully saturated rings. The van der Waals surface area contributed by atoms with Crippen LogP contribution in [0.25, 0.3) is 11.4 Å². The number of halogens is 2. The highest BCUT2D eigenvalue weighted by Gasteiger charge is 2.27. The number of amides is 1. The number of carbonyl (C=O) groups excluding carboxylic acids is 1. The van der Waals surface area contributed by atoms with E-state index in [4.69, 9.17) is 17.3 Å². The molecule has 1 amide bonds. The maximum Gasteiger partial charge on any atom is 0.246 e. The van der Waals surface area contributed by atoms with E-state index >= 15 is 0 Å². The molecule has 7 nitrogen and oxygen atoms in total. The van der Waals surface area contributed by atoms with Gasteiger partial charge in [-0.25, -0.2) is 0 Å². The Morgan fingerprint density at radius 1 is 1.35 bits per heavy atom. The maximum atomic E-state index is 12.3. The Kier molecular flexibility index (Phi) is 5.92. The number of nitrogens with two attached hydrogens (primary N) is 1. The van der Waals surface area contributed by atoms with Gasteiger partial charge in [-0.2, -0.15) is 4.80 Å². The van der Waals surface area contributed by atoms with Crippen LogP contribution in [0.2, 0.25) is 5.02 Å². The number of rotatable bonds is 4. The molecule has 1 atom stereocenters. The van der Waals surface area contributed by atoms with E-state index in [1.54, 1.807) is 12.1 Å². The Morgan fingerprint density at radius 2 is 2.09 bits per heavy atom. The fourth-order valence-corrected chi connectivity index (χ4v) is 2.77. The van der Waals surface area contributed by atoms with E-state index in [-0.39, 0.29) is 30.9 Å². The third-order valence-corrected chi connectivity index (χ3v) is 4.05. The summed E-state index contributed by atoms with van der Waals surface area (Å²) in [6.45, 7) is 1.32. The Bertz CT molecular complexity index is 660. The van der Waals surface area contributed by atoms with E-state index in [9.17, 15) is 4.79 Å². The normalized spacial score (nSPS) is 17.1. The van der Waals surface area contributed by atoms with Gasteiger partial charge in [0.1, 0.15) is 6.54 Å². The lowest BCUT2D eigenvalue weighted by atomic mass is 10.2. The molecule has 9 heteroatoms. The molecule has 0 saturated carbocycles. The fraction of sp³-hybridized carbons (Fsp3) is 0.429. The molecule has 1 aliphatic heterocycles.